The van der Waals surface area contributed by atoms with E-state index in [0.717, 1.165) is 29.3 Å². The second-order valence-electron chi connectivity index (χ2n) is 7.74. The zero-order valence-corrected chi connectivity index (χ0v) is 16.6. The van der Waals surface area contributed by atoms with Crippen molar-refractivity contribution >= 4 is 22.7 Å². The predicted molar refractivity (Wildman–Crippen MR) is 109 cm³/mol. The highest BCUT2D eigenvalue weighted by Gasteiger charge is 2.28. The van der Waals surface area contributed by atoms with Gasteiger partial charge in [-0.05, 0) is 37.8 Å². The molecule has 4 rings (SSSR count). The summed E-state index contributed by atoms with van der Waals surface area (Å²) in [7, 11) is 0. The standard InChI is InChI=1S/C21H26N6O2/c1-15-4-5-18-17(11-15)20(25-24-18)21(29)27-8-2-3-16(13-27)12-19(28)23-7-10-26-9-6-22-14-26/h4-6,9,11,14,16H,2-3,7-8,10,12-13H2,1H3,(H,23,28)(H,24,25)/t16-/m1/s1. The molecule has 3 aromatic rings. The normalized spacial score (nSPS) is 16.9. The number of amides is 2. The van der Waals surface area contributed by atoms with Gasteiger partial charge in [0.25, 0.3) is 5.91 Å². The van der Waals surface area contributed by atoms with E-state index in [9.17, 15) is 9.59 Å². The van der Waals surface area contributed by atoms with Crippen LogP contribution in [-0.4, -0.2) is 56.1 Å². The van der Waals surface area contributed by atoms with Crippen molar-refractivity contribution in [3.05, 3.63) is 48.2 Å². The molecule has 0 bridgehead atoms. The maximum absolute atomic E-state index is 13.1. The van der Waals surface area contributed by atoms with E-state index in [1.165, 1.54) is 0 Å². The highest BCUT2D eigenvalue weighted by Crippen LogP contribution is 2.24. The second-order valence-corrected chi connectivity index (χ2v) is 7.74. The first-order valence-corrected chi connectivity index (χ1v) is 10.1. The van der Waals surface area contributed by atoms with E-state index in [2.05, 4.69) is 20.5 Å². The second kappa shape index (κ2) is 8.46. The first-order chi connectivity index (χ1) is 14.1. The molecule has 1 saturated heterocycles. The van der Waals surface area contributed by atoms with E-state index in [4.69, 9.17) is 0 Å². The van der Waals surface area contributed by atoms with E-state index in [1.807, 2.05) is 40.8 Å². The van der Waals surface area contributed by atoms with E-state index >= 15 is 0 Å². The number of aryl methyl sites for hydroxylation is 1. The Morgan fingerprint density at radius 2 is 2.24 bits per heavy atom. The summed E-state index contributed by atoms with van der Waals surface area (Å²) in [4.78, 5) is 31.2. The highest BCUT2D eigenvalue weighted by molar-refractivity contribution is 6.04. The van der Waals surface area contributed by atoms with Crippen LogP contribution in [0.1, 0.15) is 35.3 Å². The fourth-order valence-electron chi connectivity index (χ4n) is 3.93. The maximum Gasteiger partial charge on any atom is 0.275 e. The lowest BCUT2D eigenvalue weighted by Crippen LogP contribution is -2.41. The molecule has 0 radical (unpaired) electrons. The topological polar surface area (TPSA) is 95.9 Å². The highest BCUT2D eigenvalue weighted by atomic mass is 16.2. The van der Waals surface area contributed by atoms with Crippen molar-refractivity contribution in [1.82, 2.24) is 30.0 Å². The Balaban J connectivity index is 1.33. The molecule has 0 saturated carbocycles. The van der Waals surface area contributed by atoms with Gasteiger partial charge in [-0.3, -0.25) is 14.7 Å². The third-order valence-electron chi connectivity index (χ3n) is 5.45. The molecule has 8 nitrogen and oxygen atoms in total. The Bertz CT molecular complexity index is 994. The fourth-order valence-corrected chi connectivity index (χ4v) is 3.93. The lowest BCUT2D eigenvalue weighted by atomic mass is 9.94. The molecule has 0 spiro atoms. The predicted octanol–water partition coefficient (Wildman–Crippen LogP) is 2.13. The molecule has 1 aliphatic heterocycles. The number of benzene rings is 1. The molecular weight excluding hydrogens is 368 g/mol. The van der Waals surface area contributed by atoms with Crippen LogP contribution in [0.3, 0.4) is 0 Å². The van der Waals surface area contributed by atoms with Crippen molar-refractivity contribution in [2.45, 2.75) is 32.7 Å². The van der Waals surface area contributed by atoms with Gasteiger partial charge < -0.3 is 14.8 Å². The molecule has 29 heavy (non-hydrogen) atoms. The Labute approximate surface area is 169 Å². The smallest absolute Gasteiger partial charge is 0.275 e. The summed E-state index contributed by atoms with van der Waals surface area (Å²) in [5.74, 6) is 0.144. The molecule has 1 aromatic carbocycles. The average Bonchev–Trinajstić information content (AvgIpc) is 3.37. The minimum Gasteiger partial charge on any atom is -0.354 e. The minimum atomic E-state index is -0.0629. The minimum absolute atomic E-state index is 0.0326. The van der Waals surface area contributed by atoms with Gasteiger partial charge in [-0.25, -0.2) is 4.98 Å². The first-order valence-electron chi connectivity index (χ1n) is 10.1. The quantitative estimate of drug-likeness (QED) is 0.669. The van der Waals surface area contributed by atoms with Gasteiger partial charge in [0.05, 0.1) is 11.8 Å². The summed E-state index contributed by atoms with van der Waals surface area (Å²) < 4.78 is 1.93. The number of fused-ring (bicyclic) bond motifs is 1. The van der Waals surface area contributed by atoms with Crippen molar-refractivity contribution in [2.24, 2.45) is 5.92 Å². The number of carbonyl (C=O) groups excluding carboxylic acids is 2. The number of imidazole rings is 1. The van der Waals surface area contributed by atoms with Crippen molar-refractivity contribution < 1.29 is 9.59 Å². The lowest BCUT2D eigenvalue weighted by molar-refractivity contribution is -0.122. The van der Waals surface area contributed by atoms with Crippen LogP contribution in [0.2, 0.25) is 0 Å². The SMILES string of the molecule is Cc1ccc2[nH]nc(C(=O)N3CCC[C@H](CC(=O)NCCn4ccnc4)C3)c2c1. The van der Waals surface area contributed by atoms with Crippen LogP contribution in [0.15, 0.2) is 36.9 Å². The molecule has 8 heteroatoms. The summed E-state index contributed by atoms with van der Waals surface area (Å²) in [6.45, 7) is 4.57. The van der Waals surface area contributed by atoms with Crippen molar-refractivity contribution in [3.63, 3.8) is 0 Å². The lowest BCUT2D eigenvalue weighted by Gasteiger charge is -2.32. The molecule has 2 amide bonds. The van der Waals surface area contributed by atoms with E-state index in [0.29, 0.717) is 38.3 Å². The molecule has 1 fully saturated rings. The van der Waals surface area contributed by atoms with Gasteiger partial charge in [0.15, 0.2) is 5.69 Å². The summed E-state index contributed by atoms with van der Waals surface area (Å²) in [5, 5.41) is 11.0. The molecule has 0 aliphatic carbocycles. The number of H-pyrrole nitrogens is 1. The van der Waals surface area contributed by atoms with Gasteiger partial charge in [0.1, 0.15) is 0 Å². The van der Waals surface area contributed by atoms with Crippen molar-refractivity contribution in [3.8, 4) is 0 Å². The number of hydrogen-bond donors (Lipinski definition) is 2. The number of aromatic amines is 1. The third-order valence-corrected chi connectivity index (χ3v) is 5.45. The van der Waals surface area contributed by atoms with E-state index in [1.54, 1.807) is 12.5 Å². The number of likely N-dealkylation sites (tertiary alicyclic amines) is 1. The molecule has 1 aliphatic rings. The number of nitrogens with one attached hydrogen (secondary N) is 2. The summed E-state index contributed by atoms with van der Waals surface area (Å²) in [6.07, 6.45) is 7.63. The van der Waals surface area contributed by atoms with Crippen LogP contribution in [-0.2, 0) is 11.3 Å². The third kappa shape index (κ3) is 4.47. The van der Waals surface area contributed by atoms with Crippen LogP contribution in [0, 0.1) is 12.8 Å². The Morgan fingerprint density at radius 3 is 3.07 bits per heavy atom. The molecule has 1 atom stereocenters. The first kappa shape index (κ1) is 19.2. The van der Waals surface area contributed by atoms with E-state index in [-0.39, 0.29) is 17.7 Å². The monoisotopic (exact) mass is 394 g/mol. The number of rotatable bonds is 6. The van der Waals surface area contributed by atoms with Crippen LogP contribution >= 0.6 is 0 Å². The van der Waals surface area contributed by atoms with Gasteiger partial charge >= 0.3 is 0 Å². The van der Waals surface area contributed by atoms with Gasteiger partial charge in [-0.2, -0.15) is 5.10 Å². The van der Waals surface area contributed by atoms with Crippen LogP contribution in [0.5, 0.6) is 0 Å². The number of aromatic nitrogens is 4. The van der Waals surface area contributed by atoms with Gasteiger partial charge in [0.2, 0.25) is 5.91 Å². The zero-order chi connectivity index (χ0) is 20.2. The molecule has 2 N–H and O–H groups in total. The van der Waals surface area contributed by atoms with Crippen molar-refractivity contribution in [2.75, 3.05) is 19.6 Å². The fraction of sp³-hybridized carbons (Fsp3) is 0.429. The van der Waals surface area contributed by atoms with Crippen molar-refractivity contribution in [1.29, 1.82) is 0 Å². The molecule has 0 unspecified atom stereocenters. The number of carbonyl (C=O) groups is 2. The molecule has 152 valence electrons. The molecular formula is C21H26N6O2. The number of nitrogens with zero attached hydrogens (tertiary/aromatic N) is 4. The van der Waals surface area contributed by atoms with Gasteiger partial charge in [-0.1, -0.05) is 11.6 Å². The summed E-state index contributed by atoms with van der Waals surface area (Å²) in [6, 6.07) is 5.93. The number of hydrogen-bond acceptors (Lipinski definition) is 4. The Morgan fingerprint density at radius 1 is 1.34 bits per heavy atom. The maximum atomic E-state index is 13.1. The number of piperidine rings is 1. The Hall–Kier alpha value is -3.16. The van der Waals surface area contributed by atoms with Gasteiger partial charge in [0, 0.05) is 50.4 Å². The van der Waals surface area contributed by atoms with Crippen LogP contribution in [0.25, 0.3) is 10.9 Å². The molecule has 2 aromatic heterocycles. The Kier molecular flexibility index (Phi) is 5.59. The largest absolute Gasteiger partial charge is 0.354 e. The van der Waals surface area contributed by atoms with E-state index < -0.39 is 0 Å². The van der Waals surface area contributed by atoms with Crippen LogP contribution < -0.4 is 5.32 Å². The zero-order valence-electron chi connectivity index (χ0n) is 16.6. The average molecular weight is 394 g/mol. The van der Waals surface area contributed by atoms with Crippen LogP contribution in [0.4, 0.5) is 0 Å². The summed E-state index contributed by atoms with van der Waals surface area (Å²) in [5.41, 5.74) is 2.43. The summed E-state index contributed by atoms with van der Waals surface area (Å²) >= 11 is 0. The molecule has 3 heterocycles. The van der Waals surface area contributed by atoms with Gasteiger partial charge in [-0.15, -0.1) is 0 Å².